The first-order chi connectivity index (χ1) is 8.72. The molecule has 102 valence electrons. The molecule has 1 aromatic rings. The van der Waals surface area contributed by atoms with E-state index in [4.69, 9.17) is 0 Å². The van der Waals surface area contributed by atoms with Gasteiger partial charge in [-0.3, -0.25) is 4.98 Å². The molecule has 0 fully saturated rings. The molecule has 0 amide bonds. The van der Waals surface area contributed by atoms with Gasteiger partial charge in [0.2, 0.25) is 0 Å². The minimum Gasteiger partial charge on any atom is -0.310 e. The quantitative estimate of drug-likeness (QED) is 0.743. The van der Waals surface area contributed by atoms with Crippen LogP contribution in [0.2, 0.25) is 0 Å². The van der Waals surface area contributed by atoms with E-state index in [1.807, 2.05) is 12.4 Å². The summed E-state index contributed by atoms with van der Waals surface area (Å²) < 4.78 is 0. The maximum Gasteiger partial charge on any atom is 0.0363 e. The highest BCUT2D eigenvalue weighted by molar-refractivity contribution is 5.21. The predicted octanol–water partition coefficient (Wildman–Crippen LogP) is 4.26. The number of unbranched alkanes of at least 4 members (excludes halogenated alkanes) is 1. The molecule has 0 radical (unpaired) electrons. The smallest absolute Gasteiger partial charge is 0.0363 e. The highest BCUT2D eigenvalue weighted by atomic mass is 14.9. The van der Waals surface area contributed by atoms with E-state index in [2.05, 4.69) is 44.1 Å². The maximum atomic E-state index is 4.34. The molecular formula is C16H28N2. The van der Waals surface area contributed by atoms with Crippen LogP contribution in [-0.4, -0.2) is 11.5 Å². The van der Waals surface area contributed by atoms with E-state index in [0.29, 0.717) is 12.0 Å². The van der Waals surface area contributed by atoms with Crippen molar-refractivity contribution >= 4 is 0 Å². The van der Waals surface area contributed by atoms with Crippen molar-refractivity contribution in [2.45, 2.75) is 59.4 Å². The Kier molecular flexibility index (Phi) is 6.96. The first kappa shape index (κ1) is 15.2. The minimum atomic E-state index is 0.457. The monoisotopic (exact) mass is 248 g/mol. The summed E-state index contributed by atoms with van der Waals surface area (Å²) in [4.78, 5) is 4.34. The summed E-state index contributed by atoms with van der Waals surface area (Å²) in [6, 6.07) is 2.73. The van der Waals surface area contributed by atoms with Gasteiger partial charge < -0.3 is 5.32 Å². The first-order valence-corrected chi connectivity index (χ1v) is 7.37. The van der Waals surface area contributed by atoms with Crippen LogP contribution >= 0.6 is 0 Å². The number of nitrogens with one attached hydrogen (secondary N) is 1. The Labute approximate surface area is 112 Å². The summed E-state index contributed by atoms with van der Waals surface area (Å²) in [5.74, 6) is 0.716. The summed E-state index contributed by atoms with van der Waals surface area (Å²) in [5, 5.41) is 3.65. The lowest BCUT2D eigenvalue weighted by molar-refractivity contribution is 0.327. The zero-order chi connectivity index (χ0) is 13.4. The molecule has 2 atom stereocenters. The van der Waals surface area contributed by atoms with Crippen LogP contribution in [0.15, 0.2) is 18.5 Å². The molecule has 18 heavy (non-hydrogen) atoms. The molecule has 0 aliphatic heterocycles. The van der Waals surface area contributed by atoms with Crippen molar-refractivity contribution in [1.29, 1.82) is 0 Å². The van der Waals surface area contributed by atoms with E-state index in [-0.39, 0.29) is 0 Å². The lowest BCUT2D eigenvalue weighted by Gasteiger charge is -2.27. The molecule has 0 spiro atoms. The lowest BCUT2D eigenvalue weighted by atomic mass is 9.87. The molecule has 0 aliphatic carbocycles. The molecule has 0 saturated carbocycles. The van der Waals surface area contributed by atoms with Gasteiger partial charge in [0.15, 0.2) is 0 Å². The molecule has 1 heterocycles. The fourth-order valence-electron chi connectivity index (χ4n) is 2.60. The van der Waals surface area contributed by atoms with Crippen molar-refractivity contribution in [2.24, 2.45) is 5.92 Å². The number of aromatic nitrogens is 1. The summed E-state index contributed by atoms with van der Waals surface area (Å²) >= 11 is 0. The van der Waals surface area contributed by atoms with Gasteiger partial charge in [0.05, 0.1) is 0 Å². The van der Waals surface area contributed by atoms with Crippen molar-refractivity contribution in [1.82, 2.24) is 10.3 Å². The number of rotatable bonds is 8. The lowest BCUT2D eigenvalue weighted by Crippen LogP contribution is -2.28. The summed E-state index contributed by atoms with van der Waals surface area (Å²) in [6.07, 6.45) is 9.08. The molecule has 2 nitrogen and oxygen atoms in total. The van der Waals surface area contributed by atoms with Gasteiger partial charge in [-0.1, -0.05) is 46.1 Å². The molecular weight excluding hydrogens is 220 g/mol. The average molecular weight is 248 g/mol. The van der Waals surface area contributed by atoms with Gasteiger partial charge in [0.25, 0.3) is 0 Å². The fraction of sp³-hybridized carbons (Fsp3) is 0.688. The number of pyridine rings is 1. The minimum absolute atomic E-state index is 0.457. The Balaban J connectivity index is 2.85. The molecule has 0 saturated heterocycles. The molecule has 0 bridgehead atoms. The molecule has 1 aromatic heterocycles. The molecule has 2 unspecified atom stereocenters. The van der Waals surface area contributed by atoms with Crippen LogP contribution in [0, 0.1) is 12.8 Å². The Morgan fingerprint density at radius 2 is 2.00 bits per heavy atom. The van der Waals surface area contributed by atoms with E-state index in [1.165, 1.54) is 36.8 Å². The summed E-state index contributed by atoms with van der Waals surface area (Å²) in [5.41, 5.74) is 2.60. The average Bonchev–Trinajstić information content (AvgIpc) is 2.38. The Morgan fingerprint density at radius 1 is 1.22 bits per heavy atom. The second kappa shape index (κ2) is 8.25. The van der Waals surface area contributed by atoms with Gasteiger partial charge in [-0.2, -0.15) is 0 Å². The van der Waals surface area contributed by atoms with Gasteiger partial charge >= 0.3 is 0 Å². The highest BCUT2D eigenvalue weighted by Gasteiger charge is 2.20. The topological polar surface area (TPSA) is 24.9 Å². The van der Waals surface area contributed by atoms with E-state index in [9.17, 15) is 0 Å². The molecule has 1 rings (SSSR count). The van der Waals surface area contributed by atoms with Gasteiger partial charge in [-0.05, 0) is 36.9 Å². The van der Waals surface area contributed by atoms with Crippen molar-refractivity contribution in [2.75, 3.05) is 6.54 Å². The van der Waals surface area contributed by atoms with Gasteiger partial charge in [0, 0.05) is 18.4 Å². The predicted molar refractivity (Wildman–Crippen MR) is 78.7 cm³/mol. The normalized spacial score (nSPS) is 14.4. The fourth-order valence-corrected chi connectivity index (χ4v) is 2.60. The van der Waals surface area contributed by atoms with Crippen LogP contribution in [-0.2, 0) is 0 Å². The van der Waals surface area contributed by atoms with Crippen LogP contribution in [0.1, 0.15) is 63.6 Å². The zero-order valence-electron chi connectivity index (χ0n) is 12.4. The Bertz CT molecular complexity index is 336. The number of hydrogen-bond donors (Lipinski definition) is 1. The Morgan fingerprint density at radius 3 is 2.56 bits per heavy atom. The van der Waals surface area contributed by atoms with E-state index < -0.39 is 0 Å². The van der Waals surface area contributed by atoms with E-state index >= 15 is 0 Å². The number of nitrogens with zero attached hydrogens (tertiary/aromatic N) is 1. The number of hydrogen-bond acceptors (Lipinski definition) is 2. The standard InChI is InChI=1S/C16H28N2/c1-5-8-9-14(6-2)16(18-7-3)15-10-13(4)11-17-12-15/h10-12,14,16,18H,5-9H2,1-4H3. The molecule has 0 aromatic carbocycles. The van der Waals surface area contributed by atoms with E-state index in [1.54, 1.807) is 0 Å². The van der Waals surface area contributed by atoms with Gasteiger partial charge in [-0.25, -0.2) is 0 Å². The van der Waals surface area contributed by atoms with Crippen LogP contribution < -0.4 is 5.32 Å². The van der Waals surface area contributed by atoms with Crippen molar-refractivity contribution < 1.29 is 0 Å². The maximum absolute atomic E-state index is 4.34. The van der Waals surface area contributed by atoms with Crippen molar-refractivity contribution in [3.05, 3.63) is 29.6 Å². The highest BCUT2D eigenvalue weighted by Crippen LogP contribution is 2.29. The van der Waals surface area contributed by atoms with Crippen LogP contribution in [0.3, 0.4) is 0 Å². The zero-order valence-corrected chi connectivity index (χ0v) is 12.4. The first-order valence-electron chi connectivity index (χ1n) is 7.37. The van der Waals surface area contributed by atoms with Gasteiger partial charge in [0.1, 0.15) is 0 Å². The third-order valence-electron chi connectivity index (χ3n) is 3.60. The molecule has 1 N–H and O–H groups in total. The van der Waals surface area contributed by atoms with Crippen LogP contribution in [0.4, 0.5) is 0 Å². The number of aryl methyl sites for hydroxylation is 1. The third-order valence-corrected chi connectivity index (χ3v) is 3.60. The van der Waals surface area contributed by atoms with Crippen LogP contribution in [0.25, 0.3) is 0 Å². The largest absolute Gasteiger partial charge is 0.310 e. The Hall–Kier alpha value is -0.890. The van der Waals surface area contributed by atoms with E-state index in [0.717, 1.165) is 6.54 Å². The second-order valence-corrected chi connectivity index (χ2v) is 5.14. The van der Waals surface area contributed by atoms with Crippen molar-refractivity contribution in [3.8, 4) is 0 Å². The second-order valence-electron chi connectivity index (χ2n) is 5.14. The summed E-state index contributed by atoms with van der Waals surface area (Å²) in [6.45, 7) is 9.88. The SMILES string of the molecule is CCCCC(CC)C(NCC)c1cncc(C)c1. The van der Waals surface area contributed by atoms with Gasteiger partial charge in [-0.15, -0.1) is 0 Å². The summed E-state index contributed by atoms with van der Waals surface area (Å²) in [7, 11) is 0. The van der Waals surface area contributed by atoms with Crippen LogP contribution in [0.5, 0.6) is 0 Å². The van der Waals surface area contributed by atoms with Crippen molar-refractivity contribution in [3.63, 3.8) is 0 Å². The molecule has 0 aliphatic rings. The molecule has 2 heteroatoms. The third kappa shape index (κ3) is 4.41.